The van der Waals surface area contributed by atoms with E-state index >= 15 is 8.78 Å². The lowest BCUT2D eigenvalue weighted by Gasteiger charge is -2.44. The predicted octanol–water partition coefficient (Wildman–Crippen LogP) is 5.58. The lowest BCUT2D eigenvalue weighted by atomic mass is 9.91. The molecule has 0 bridgehead atoms. The highest BCUT2D eigenvalue weighted by Gasteiger charge is 2.65. The molecule has 0 radical (unpaired) electrons. The predicted molar refractivity (Wildman–Crippen MR) is 143 cm³/mol. The maximum Gasteiger partial charge on any atom is 0.510 e. The Labute approximate surface area is 247 Å². The molecule has 12 nitrogen and oxygen atoms in total. The number of carbonyl (C=O) groups excluding carboxylic acids is 3. The van der Waals surface area contributed by atoms with Crippen LogP contribution in [0.4, 0.5) is 23.2 Å². The third-order valence-corrected chi connectivity index (χ3v) is 6.19. The van der Waals surface area contributed by atoms with Crippen LogP contribution in [0.15, 0.2) is 42.5 Å². The van der Waals surface area contributed by atoms with Gasteiger partial charge in [-0.2, -0.15) is 8.78 Å². The molecule has 1 aliphatic heterocycles. The van der Waals surface area contributed by atoms with Gasteiger partial charge in [0.05, 0.1) is 34.0 Å². The lowest BCUT2D eigenvalue weighted by molar-refractivity contribution is -0.346. The minimum atomic E-state index is -4.24. The molecule has 4 atom stereocenters. The van der Waals surface area contributed by atoms with Crippen LogP contribution in [0.5, 0.6) is 11.5 Å². The van der Waals surface area contributed by atoms with Gasteiger partial charge >= 0.3 is 24.4 Å². The van der Waals surface area contributed by atoms with Crippen molar-refractivity contribution in [2.24, 2.45) is 0 Å². The van der Waals surface area contributed by atoms with Crippen molar-refractivity contribution in [2.75, 3.05) is 34.0 Å². The number of alkyl halides is 2. The molecule has 2 aromatic carbocycles. The standard InChI is InChI=1S/C29H34F2O12/c1-6-37-26(32)41-23-22(18-11-14-21(36-5)19(16-18)15-17-9-12-20(35-4)13-10-17)40-25(43-28(34)39-8-3)29(30,31)24(23)42-27(33)38-7-2/h9-14,16,22-25H,6-8,15H2,1-5H3/t22-,23-,24+,25+/m0/s1. The summed E-state index contributed by atoms with van der Waals surface area (Å²) in [5.41, 5.74) is 1.66. The number of hydrogen-bond donors (Lipinski definition) is 0. The van der Waals surface area contributed by atoms with Crippen molar-refractivity contribution >= 4 is 18.5 Å². The van der Waals surface area contributed by atoms with Gasteiger partial charge in [-0.3, -0.25) is 0 Å². The van der Waals surface area contributed by atoms with Crippen molar-refractivity contribution in [3.05, 3.63) is 59.2 Å². The quantitative estimate of drug-likeness (QED) is 0.231. The van der Waals surface area contributed by atoms with Gasteiger partial charge < -0.3 is 42.6 Å². The Kier molecular flexibility index (Phi) is 11.8. The number of benzene rings is 2. The van der Waals surface area contributed by atoms with Crippen LogP contribution in [0, 0.1) is 0 Å². The molecule has 2 aromatic rings. The Hall–Kier alpha value is -4.33. The van der Waals surface area contributed by atoms with E-state index in [0.717, 1.165) is 5.56 Å². The summed E-state index contributed by atoms with van der Waals surface area (Å²) >= 11 is 0. The number of halogens is 2. The number of rotatable bonds is 11. The second-order valence-electron chi connectivity index (χ2n) is 8.95. The Morgan fingerprint density at radius 3 is 1.93 bits per heavy atom. The van der Waals surface area contributed by atoms with E-state index in [0.29, 0.717) is 23.5 Å². The maximum absolute atomic E-state index is 15.8. The van der Waals surface area contributed by atoms with Gasteiger partial charge in [0.15, 0.2) is 6.10 Å². The third-order valence-electron chi connectivity index (χ3n) is 6.19. The van der Waals surface area contributed by atoms with Gasteiger partial charge in [-0.05, 0) is 61.7 Å². The summed E-state index contributed by atoms with van der Waals surface area (Å²) < 4.78 is 77.1. The fraction of sp³-hybridized carbons (Fsp3) is 0.483. The molecule has 3 rings (SSSR count). The smallest absolute Gasteiger partial charge is 0.497 e. The minimum Gasteiger partial charge on any atom is -0.497 e. The largest absolute Gasteiger partial charge is 0.510 e. The summed E-state index contributed by atoms with van der Waals surface area (Å²) in [6.45, 7) is 3.85. The van der Waals surface area contributed by atoms with Crippen LogP contribution in [-0.2, 0) is 39.6 Å². The molecule has 43 heavy (non-hydrogen) atoms. The van der Waals surface area contributed by atoms with Crippen LogP contribution in [0.2, 0.25) is 0 Å². The average Bonchev–Trinajstić information content (AvgIpc) is 2.97. The second-order valence-corrected chi connectivity index (χ2v) is 8.95. The van der Waals surface area contributed by atoms with Crippen LogP contribution in [0.3, 0.4) is 0 Å². The second kappa shape index (κ2) is 15.2. The number of ether oxygens (including phenoxy) is 9. The van der Waals surface area contributed by atoms with Gasteiger partial charge in [0.1, 0.15) is 17.6 Å². The van der Waals surface area contributed by atoms with E-state index < -0.39 is 49.0 Å². The Morgan fingerprint density at radius 2 is 1.37 bits per heavy atom. The van der Waals surface area contributed by atoms with Gasteiger partial charge in [0.25, 0.3) is 6.29 Å². The molecule has 0 spiro atoms. The average molecular weight is 613 g/mol. The molecule has 0 saturated carbocycles. The van der Waals surface area contributed by atoms with E-state index in [4.69, 9.17) is 37.9 Å². The zero-order valence-corrected chi connectivity index (χ0v) is 24.3. The zero-order chi connectivity index (χ0) is 31.6. The van der Waals surface area contributed by atoms with Gasteiger partial charge in [0.2, 0.25) is 6.10 Å². The van der Waals surface area contributed by atoms with E-state index in [-0.39, 0.29) is 25.4 Å². The summed E-state index contributed by atoms with van der Waals surface area (Å²) in [7, 11) is 3.01. The SMILES string of the molecule is CCOC(=O)O[C@@H]1[C@@H](OC(=O)OCC)C(F)(F)[C@@H](OC(=O)OCC)O[C@H]1c1ccc(OC)c(Cc2ccc(OC)cc2)c1. The first kappa shape index (κ1) is 33.2. The number of carbonyl (C=O) groups is 3. The first-order valence-corrected chi connectivity index (χ1v) is 13.4. The first-order valence-electron chi connectivity index (χ1n) is 13.4. The molecule has 0 unspecified atom stereocenters. The van der Waals surface area contributed by atoms with Crippen LogP contribution < -0.4 is 9.47 Å². The van der Waals surface area contributed by atoms with Gasteiger partial charge in [-0.15, -0.1) is 0 Å². The van der Waals surface area contributed by atoms with Gasteiger partial charge in [-0.1, -0.05) is 18.2 Å². The van der Waals surface area contributed by atoms with Crippen molar-refractivity contribution in [1.29, 1.82) is 0 Å². The molecular formula is C29H34F2O12. The van der Waals surface area contributed by atoms with E-state index in [1.165, 1.54) is 33.9 Å². The molecule has 1 fully saturated rings. The van der Waals surface area contributed by atoms with Crippen molar-refractivity contribution in [3.8, 4) is 11.5 Å². The summed E-state index contributed by atoms with van der Waals surface area (Å²) in [5.74, 6) is -3.13. The molecule has 0 amide bonds. The van der Waals surface area contributed by atoms with Crippen molar-refractivity contribution in [2.45, 2.75) is 57.7 Å². The van der Waals surface area contributed by atoms with E-state index in [1.54, 1.807) is 31.4 Å². The van der Waals surface area contributed by atoms with Crippen molar-refractivity contribution in [3.63, 3.8) is 0 Å². The van der Waals surface area contributed by atoms with Crippen LogP contribution in [-0.4, -0.2) is 76.9 Å². The molecule has 1 aliphatic rings. The van der Waals surface area contributed by atoms with Gasteiger partial charge in [0, 0.05) is 6.42 Å². The fourth-order valence-electron chi connectivity index (χ4n) is 4.29. The van der Waals surface area contributed by atoms with E-state index in [1.807, 2.05) is 12.1 Å². The summed E-state index contributed by atoms with van der Waals surface area (Å²) in [5, 5.41) is 0. The molecular weight excluding hydrogens is 578 g/mol. The zero-order valence-electron chi connectivity index (χ0n) is 24.3. The Balaban J connectivity index is 2.10. The minimum absolute atomic E-state index is 0.139. The maximum atomic E-state index is 15.8. The molecule has 1 heterocycles. The highest BCUT2D eigenvalue weighted by Crippen LogP contribution is 2.45. The van der Waals surface area contributed by atoms with Gasteiger partial charge in [-0.25, -0.2) is 14.4 Å². The molecule has 0 aromatic heterocycles. The highest BCUT2D eigenvalue weighted by atomic mass is 19.3. The molecule has 0 N–H and O–H groups in total. The molecule has 236 valence electrons. The summed E-state index contributed by atoms with van der Waals surface area (Å²) in [4.78, 5) is 36.8. The summed E-state index contributed by atoms with van der Waals surface area (Å²) in [6, 6.07) is 11.8. The van der Waals surface area contributed by atoms with E-state index in [9.17, 15) is 14.4 Å². The van der Waals surface area contributed by atoms with Crippen molar-refractivity contribution < 1.29 is 65.8 Å². The Morgan fingerprint density at radius 1 is 0.791 bits per heavy atom. The molecule has 1 saturated heterocycles. The van der Waals surface area contributed by atoms with E-state index in [2.05, 4.69) is 4.74 Å². The third kappa shape index (κ3) is 8.37. The fourth-order valence-corrected chi connectivity index (χ4v) is 4.29. The van der Waals surface area contributed by atoms with Crippen LogP contribution in [0.25, 0.3) is 0 Å². The Bertz CT molecular complexity index is 1240. The topological polar surface area (TPSA) is 134 Å². The molecule has 0 aliphatic carbocycles. The number of methoxy groups -OCH3 is 2. The monoisotopic (exact) mass is 612 g/mol. The molecule has 14 heteroatoms. The van der Waals surface area contributed by atoms with Crippen LogP contribution in [0.1, 0.15) is 43.6 Å². The lowest BCUT2D eigenvalue weighted by Crippen LogP contribution is -2.62. The highest BCUT2D eigenvalue weighted by molar-refractivity contribution is 5.62. The normalized spacial score (nSPS) is 20.7. The number of hydrogen-bond acceptors (Lipinski definition) is 12. The first-order chi connectivity index (χ1) is 20.6. The van der Waals surface area contributed by atoms with Crippen LogP contribution >= 0.6 is 0 Å². The summed E-state index contributed by atoms with van der Waals surface area (Å²) in [6.07, 6.45) is -12.6. The van der Waals surface area contributed by atoms with Crippen molar-refractivity contribution in [1.82, 2.24) is 0 Å².